The van der Waals surface area contributed by atoms with Crippen LogP contribution < -0.4 is 20.3 Å². The molecule has 5 heteroatoms. The number of methoxy groups -OCH3 is 1. The number of piperazine rings is 1. The molecule has 1 aliphatic rings. The van der Waals surface area contributed by atoms with E-state index in [-0.39, 0.29) is 0 Å². The molecular formula is C21H28N4O. The molecule has 1 aliphatic heterocycles. The number of nitrogens with one attached hydrogen (secondary N) is 3. The lowest BCUT2D eigenvalue weighted by atomic mass is 10.0. The third-order valence-electron chi connectivity index (χ3n) is 4.81. The number of hydrogen-bond acceptors (Lipinski definition) is 5. The van der Waals surface area contributed by atoms with Gasteiger partial charge in [0.25, 0.3) is 0 Å². The Morgan fingerprint density at radius 1 is 1.15 bits per heavy atom. The van der Waals surface area contributed by atoms with E-state index in [1.165, 1.54) is 11.3 Å². The molecule has 0 spiro atoms. The van der Waals surface area contributed by atoms with Gasteiger partial charge >= 0.3 is 0 Å². The van der Waals surface area contributed by atoms with Crippen molar-refractivity contribution in [3.63, 3.8) is 0 Å². The summed E-state index contributed by atoms with van der Waals surface area (Å²) in [7, 11) is 1.68. The minimum Gasteiger partial charge on any atom is -0.497 e. The van der Waals surface area contributed by atoms with Gasteiger partial charge in [0.1, 0.15) is 5.75 Å². The molecule has 0 amide bonds. The minimum absolute atomic E-state index is 0.661. The maximum Gasteiger partial charge on any atom is 0.118 e. The van der Waals surface area contributed by atoms with Gasteiger partial charge in [-0.15, -0.1) is 0 Å². The third kappa shape index (κ3) is 4.35. The van der Waals surface area contributed by atoms with Gasteiger partial charge in [0.2, 0.25) is 0 Å². The Morgan fingerprint density at radius 3 is 2.54 bits per heavy atom. The number of anilines is 2. The van der Waals surface area contributed by atoms with Gasteiger partial charge in [-0.1, -0.05) is 19.1 Å². The fraction of sp³-hybridized carbons (Fsp3) is 0.381. The molecule has 1 fully saturated rings. The first kappa shape index (κ1) is 18.3. The van der Waals surface area contributed by atoms with E-state index < -0.39 is 0 Å². The van der Waals surface area contributed by atoms with Gasteiger partial charge in [-0.3, -0.25) is 0 Å². The zero-order chi connectivity index (χ0) is 18.4. The van der Waals surface area contributed by atoms with Crippen molar-refractivity contribution in [3.8, 4) is 5.75 Å². The van der Waals surface area contributed by atoms with Crippen molar-refractivity contribution in [1.82, 2.24) is 5.32 Å². The van der Waals surface area contributed by atoms with Gasteiger partial charge in [0, 0.05) is 55.4 Å². The molecule has 0 bridgehead atoms. The highest BCUT2D eigenvalue weighted by atomic mass is 16.5. The molecule has 0 atom stereocenters. The summed E-state index contributed by atoms with van der Waals surface area (Å²) < 4.78 is 5.22. The Kier molecular flexibility index (Phi) is 6.12. The standard InChI is InChI=1S/C21H28N4O/c1-3-20(22)19-9-6-17(25-12-10-23-11-13-25)14-21(19)24-15-16-4-7-18(26-2)8-5-16/h4-9,14,22-24H,3,10-13,15H2,1-2H3. The minimum atomic E-state index is 0.661. The summed E-state index contributed by atoms with van der Waals surface area (Å²) in [5.41, 5.74) is 5.08. The predicted molar refractivity (Wildman–Crippen MR) is 109 cm³/mol. The molecule has 138 valence electrons. The Hall–Kier alpha value is -2.53. The molecule has 0 saturated carbocycles. The zero-order valence-electron chi connectivity index (χ0n) is 15.6. The summed E-state index contributed by atoms with van der Waals surface area (Å²) in [5.74, 6) is 0.864. The first-order valence-electron chi connectivity index (χ1n) is 9.25. The lowest BCUT2D eigenvalue weighted by Crippen LogP contribution is -2.43. The van der Waals surface area contributed by atoms with Gasteiger partial charge in [-0.05, 0) is 42.3 Å². The monoisotopic (exact) mass is 352 g/mol. The van der Waals surface area contributed by atoms with Crippen molar-refractivity contribution >= 4 is 17.1 Å². The van der Waals surface area contributed by atoms with E-state index in [0.717, 1.165) is 56.1 Å². The van der Waals surface area contributed by atoms with Crippen LogP contribution in [0.2, 0.25) is 0 Å². The van der Waals surface area contributed by atoms with Crippen LogP contribution in [0.5, 0.6) is 5.75 Å². The van der Waals surface area contributed by atoms with E-state index in [1.54, 1.807) is 7.11 Å². The molecule has 2 aromatic rings. The number of benzene rings is 2. The molecule has 5 nitrogen and oxygen atoms in total. The van der Waals surface area contributed by atoms with Gasteiger partial charge in [0.05, 0.1) is 7.11 Å². The van der Waals surface area contributed by atoms with Crippen molar-refractivity contribution in [3.05, 3.63) is 53.6 Å². The number of nitrogens with zero attached hydrogens (tertiary/aromatic N) is 1. The highest BCUT2D eigenvalue weighted by Gasteiger charge is 2.14. The Bertz CT molecular complexity index is 736. The Morgan fingerprint density at radius 2 is 1.88 bits per heavy atom. The van der Waals surface area contributed by atoms with Crippen LogP contribution in [0.3, 0.4) is 0 Å². The van der Waals surface area contributed by atoms with Crippen LogP contribution in [0.4, 0.5) is 11.4 Å². The zero-order valence-corrected chi connectivity index (χ0v) is 15.6. The van der Waals surface area contributed by atoms with Gasteiger partial charge < -0.3 is 25.7 Å². The molecule has 0 aromatic heterocycles. The number of hydrogen-bond donors (Lipinski definition) is 3. The van der Waals surface area contributed by atoms with Gasteiger partial charge in [0.15, 0.2) is 0 Å². The van der Waals surface area contributed by atoms with Crippen LogP contribution in [-0.2, 0) is 6.54 Å². The highest BCUT2D eigenvalue weighted by Crippen LogP contribution is 2.26. The Balaban J connectivity index is 1.80. The fourth-order valence-electron chi connectivity index (χ4n) is 3.19. The Labute approximate surface area is 155 Å². The van der Waals surface area contributed by atoms with Crippen molar-refractivity contribution in [2.75, 3.05) is 43.5 Å². The maximum absolute atomic E-state index is 8.29. The second kappa shape index (κ2) is 8.72. The SMILES string of the molecule is CCC(=N)c1ccc(N2CCNCC2)cc1NCc1ccc(OC)cc1. The smallest absolute Gasteiger partial charge is 0.118 e. The van der Waals surface area contributed by atoms with Crippen LogP contribution in [0, 0.1) is 5.41 Å². The highest BCUT2D eigenvalue weighted by molar-refractivity contribution is 6.03. The molecule has 0 unspecified atom stereocenters. The summed E-state index contributed by atoms with van der Waals surface area (Å²) in [5, 5.41) is 15.2. The topological polar surface area (TPSA) is 60.4 Å². The van der Waals surface area contributed by atoms with Crippen molar-refractivity contribution in [2.24, 2.45) is 0 Å². The van der Waals surface area contributed by atoms with E-state index in [4.69, 9.17) is 10.1 Å². The first-order chi connectivity index (χ1) is 12.7. The van der Waals surface area contributed by atoms with E-state index >= 15 is 0 Å². The van der Waals surface area contributed by atoms with Crippen LogP contribution in [0.15, 0.2) is 42.5 Å². The lowest BCUT2D eigenvalue weighted by molar-refractivity contribution is 0.414. The molecule has 1 saturated heterocycles. The first-order valence-corrected chi connectivity index (χ1v) is 9.25. The van der Waals surface area contributed by atoms with Gasteiger partial charge in [-0.25, -0.2) is 0 Å². The summed E-state index contributed by atoms with van der Waals surface area (Å²) in [6.07, 6.45) is 0.726. The predicted octanol–water partition coefficient (Wildman–Crippen LogP) is 3.49. The van der Waals surface area contributed by atoms with E-state index in [2.05, 4.69) is 45.9 Å². The largest absolute Gasteiger partial charge is 0.497 e. The summed E-state index contributed by atoms with van der Waals surface area (Å²) in [6, 6.07) is 14.5. The van der Waals surface area contributed by atoms with Crippen molar-refractivity contribution < 1.29 is 4.74 Å². The van der Waals surface area contributed by atoms with E-state index in [0.29, 0.717) is 5.71 Å². The summed E-state index contributed by atoms with van der Waals surface area (Å²) >= 11 is 0. The van der Waals surface area contributed by atoms with E-state index in [9.17, 15) is 0 Å². The molecular weight excluding hydrogens is 324 g/mol. The molecule has 3 rings (SSSR count). The van der Waals surface area contributed by atoms with Crippen molar-refractivity contribution in [1.29, 1.82) is 5.41 Å². The third-order valence-corrected chi connectivity index (χ3v) is 4.81. The van der Waals surface area contributed by atoms with Crippen LogP contribution in [0.1, 0.15) is 24.5 Å². The normalized spacial score (nSPS) is 14.2. The maximum atomic E-state index is 8.29. The van der Waals surface area contributed by atoms with Crippen molar-refractivity contribution in [2.45, 2.75) is 19.9 Å². The summed E-state index contributed by atoms with van der Waals surface area (Å²) in [4.78, 5) is 2.40. The number of ether oxygens (including phenoxy) is 1. The van der Waals surface area contributed by atoms with Crippen LogP contribution >= 0.6 is 0 Å². The average Bonchev–Trinajstić information content (AvgIpc) is 2.72. The molecule has 0 aliphatic carbocycles. The summed E-state index contributed by atoms with van der Waals surface area (Å²) in [6.45, 7) is 6.81. The van der Waals surface area contributed by atoms with E-state index in [1.807, 2.05) is 19.1 Å². The molecule has 1 heterocycles. The van der Waals surface area contributed by atoms with Gasteiger partial charge in [-0.2, -0.15) is 0 Å². The second-order valence-electron chi connectivity index (χ2n) is 6.50. The second-order valence-corrected chi connectivity index (χ2v) is 6.50. The fourth-order valence-corrected chi connectivity index (χ4v) is 3.19. The molecule has 2 aromatic carbocycles. The van der Waals surface area contributed by atoms with Crippen LogP contribution in [-0.4, -0.2) is 39.0 Å². The van der Waals surface area contributed by atoms with Crippen LogP contribution in [0.25, 0.3) is 0 Å². The lowest BCUT2D eigenvalue weighted by Gasteiger charge is -2.30. The molecule has 0 radical (unpaired) electrons. The molecule has 3 N–H and O–H groups in total. The molecule has 26 heavy (non-hydrogen) atoms. The number of rotatable bonds is 7. The average molecular weight is 352 g/mol. The quantitative estimate of drug-likeness (QED) is 0.668.